The number of aromatic nitrogens is 2. The number of nitrogens with zero attached hydrogens (tertiary/aromatic N) is 3. The number of rotatable bonds is 0. The van der Waals surface area contributed by atoms with E-state index in [0.717, 1.165) is 5.69 Å². The SMILES string of the molecule is CC(C)(C)OC(=O)NC(=NC(=O)O)n1ccc(C(C)(C)C)n1. The molecule has 0 unspecified atom stereocenters. The van der Waals surface area contributed by atoms with Gasteiger partial charge in [-0.2, -0.15) is 5.10 Å². The van der Waals surface area contributed by atoms with E-state index in [-0.39, 0.29) is 11.4 Å². The zero-order chi connectivity index (χ0) is 17.1. The van der Waals surface area contributed by atoms with E-state index in [2.05, 4.69) is 15.4 Å². The van der Waals surface area contributed by atoms with Crippen LogP contribution in [0.25, 0.3) is 0 Å². The van der Waals surface area contributed by atoms with Gasteiger partial charge in [-0.15, -0.1) is 4.99 Å². The van der Waals surface area contributed by atoms with Crippen LogP contribution in [0.3, 0.4) is 0 Å². The molecule has 0 aliphatic rings. The highest BCUT2D eigenvalue weighted by molar-refractivity contribution is 5.99. The van der Waals surface area contributed by atoms with Gasteiger partial charge < -0.3 is 9.84 Å². The third kappa shape index (κ3) is 5.55. The number of hydrogen-bond donors (Lipinski definition) is 2. The van der Waals surface area contributed by atoms with Crippen LogP contribution in [-0.2, 0) is 10.2 Å². The maximum absolute atomic E-state index is 11.8. The Morgan fingerprint density at radius 1 is 1.27 bits per heavy atom. The molecule has 122 valence electrons. The molecule has 0 aliphatic heterocycles. The van der Waals surface area contributed by atoms with Gasteiger partial charge in [0.2, 0.25) is 5.96 Å². The van der Waals surface area contributed by atoms with E-state index in [1.807, 2.05) is 20.8 Å². The zero-order valence-corrected chi connectivity index (χ0v) is 13.7. The molecule has 0 saturated carbocycles. The second-order valence-corrected chi connectivity index (χ2v) is 6.74. The number of aliphatic imine (C=N–C) groups is 1. The van der Waals surface area contributed by atoms with Gasteiger partial charge in [0.15, 0.2) is 0 Å². The highest BCUT2D eigenvalue weighted by Crippen LogP contribution is 2.19. The minimum Gasteiger partial charge on any atom is -0.463 e. The Kier molecular flexibility index (Phi) is 4.95. The number of amides is 2. The quantitative estimate of drug-likeness (QED) is 0.566. The van der Waals surface area contributed by atoms with Gasteiger partial charge in [0.05, 0.1) is 5.69 Å². The van der Waals surface area contributed by atoms with E-state index in [4.69, 9.17) is 9.84 Å². The van der Waals surface area contributed by atoms with Crippen LogP contribution in [0.2, 0.25) is 0 Å². The van der Waals surface area contributed by atoms with Gasteiger partial charge in [-0.3, -0.25) is 5.32 Å². The first kappa shape index (κ1) is 17.7. The average Bonchev–Trinajstić information content (AvgIpc) is 2.72. The molecule has 1 aromatic rings. The second-order valence-electron chi connectivity index (χ2n) is 6.74. The number of nitrogens with one attached hydrogen (secondary N) is 1. The first-order valence-electron chi connectivity index (χ1n) is 6.76. The molecule has 0 radical (unpaired) electrons. The molecular weight excluding hydrogens is 288 g/mol. The summed E-state index contributed by atoms with van der Waals surface area (Å²) in [4.78, 5) is 25.9. The van der Waals surface area contributed by atoms with Crippen molar-refractivity contribution >= 4 is 18.1 Å². The van der Waals surface area contributed by atoms with Crippen LogP contribution >= 0.6 is 0 Å². The normalized spacial score (nSPS) is 12.9. The maximum Gasteiger partial charge on any atom is 0.434 e. The molecule has 2 amide bonds. The minimum atomic E-state index is -1.45. The number of hydrogen-bond acceptors (Lipinski definition) is 4. The lowest BCUT2D eigenvalue weighted by Crippen LogP contribution is -2.40. The fraction of sp³-hybridized carbons (Fsp3) is 0.571. The smallest absolute Gasteiger partial charge is 0.434 e. The maximum atomic E-state index is 11.8. The number of carboxylic acid groups (broad SMARTS) is 1. The Morgan fingerprint density at radius 2 is 1.86 bits per heavy atom. The summed E-state index contributed by atoms with van der Waals surface area (Å²) in [7, 11) is 0. The third-order valence-electron chi connectivity index (χ3n) is 2.39. The zero-order valence-electron chi connectivity index (χ0n) is 13.7. The summed E-state index contributed by atoms with van der Waals surface area (Å²) in [6.45, 7) is 11.0. The molecule has 1 heterocycles. The lowest BCUT2D eigenvalue weighted by atomic mass is 9.93. The molecule has 0 saturated heterocycles. The third-order valence-corrected chi connectivity index (χ3v) is 2.39. The molecule has 1 aromatic heterocycles. The van der Waals surface area contributed by atoms with Crippen molar-refractivity contribution in [3.63, 3.8) is 0 Å². The largest absolute Gasteiger partial charge is 0.463 e. The van der Waals surface area contributed by atoms with E-state index >= 15 is 0 Å². The highest BCUT2D eigenvalue weighted by atomic mass is 16.6. The van der Waals surface area contributed by atoms with Crippen LogP contribution in [0.15, 0.2) is 17.3 Å². The first-order valence-corrected chi connectivity index (χ1v) is 6.76. The van der Waals surface area contributed by atoms with Gasteiger partial charge in [-0.05, 0) is 26.8 Å². The molecule has 1 rings (SSSR count). The topological polar surface area (TPSA) is 106 Å². The lowest BCUT2D eigenvalue weighted by Gasteiger charge is -2.20. The van der Waals surface area contributed by atoms with Crippen LogP contribution in [0.5, 0.6) is 0 Å². The summed E-state index contributed by atoms with van der Waals surface area (Å²) in [5.74, 6) is -0.239. The van der Waals surface area contributed by atoms with Gasteiger partial charge >= 0.3 is 12.2 Å². The van der Waals surface area contributed by atoms with Gasteiger partial charge in [-0.25, -0.2) is 14.3 Å². The summed E-state index contributed by atoms with van der Waals surface area (Å²) in [6.07, 6.45) is -0.723. The number of carbonyl (C=O) groups excluding carboxylic acids is 1. The van der Waals surface area contributed by atoms with E-state index in [1.165, 1.54) is 10.9 Å². The van der Waals surface area contributed by atoms with E-state index in [9.17, 15) is 9.59 Å². The predicted octanol–water partition coefficient (Wildman–Crippen LogP) is 2.59. The van der Waals surface area contributed by atoms with E-state index in [0.29, 0.717) is 0 Å². The van der Waals surface area contributed by atoms with Gasteiger partial charge in [0.25, 0.3) is 0 Å². The van der Waals surface area contributed by atoms with Crippen LogP contribution in [0, 0.1) is 0 Å². The predicted molar refractivity (Wildman–Crippen MR) is 81.2 cm³/mol. The Bertz CT molecular complexity index is 591. The van der Waals surface area contributed by atoms with Crippen molar-refractivity contribution in [2.75, 3.05) is 0 Å². The minimum absolute atomic E-state index is 0.217. The Balaban J connectivity index is 3.03. The summed E-state index contributed by atoms with van der Waals surface area (Å²) in [5, 5.41) is 15.4. The van der Waals surface area contributed by atoms with Crippen molar-refractivity contribution in [1.82, 2.24) is 15.1 Å². The first-order chi connectivity index (χ1) is 9.88. The summed E-state index contributed by atoms with van der Waals surface area (Å²) >= 11 is 0. The molecule has 0 aromatic carbocycles. The van der Waals surface area contributed by atoms with Crippen LogP contribution in [0.4, 0.5) is 9.59 Å². The van der Waals surface area contributed by atoms with Gasteiger partial charge in [-0.1, -0.05) is 20.8 Å². The molecule has 22 heavy (non-hydrogen) atoms. The van der Waals surface area contributed by atoms with Crippen molar-refractivity contribution in [2.24, 2.45) is 4.99 Å². The van der Waals surface area contributed by atoms with E-state index in [1.54, 1.807) is 26.8 Å². The Labute approximate surface area is 129 Å². The summed E-state index contributed by atoms with van der Waals surface area (Å²) in [6, 6.07) is 1.73. The monoisotopic (exact) mass is 310 g/mol. The average molecular weight is 310 g/mol. The van der Waals surface area contributed by atoms with Crippen LogP contribution in [-0.4, -0.2) is 38.6 Å². The van der Waals surface area contributed by atoms with Crippen molar-refractivity contribution < 1.29 is 19.4 Å². The molecule has 0 fully saturated rings. The lowest BCUT2D eigenvalue weighted by molar-refractivity contribution is 0.0561. The summed E-state index contributed by atoms with van der Waals surface area (Å²) < 4.78 is 6.27. The molecule has 0 aliphatic carbocycles. The standard InChI is InChI=1S/C14H22N4O4/c1-13(2,3)9-7-8-18(17-9)10(15-11(19)20)16-12(21)22-14(4,5)6/h7-8H,1-6H3,(H,19,20)(H,15,16,21). The molecule has 0 spiro atoms. The number of alkyl carbamates (subject to hydrolysis) is 1. The molecule has 0 bridgehead atoms. The number of ether oxygens (including phenoxy) is 1. The fourth-order valence-electron chi connectivity index (χ4n) is 1.46. The molecule has 2 N–H and O–H groups in total. The van der Waals surface area contributed by atoms with Gasteiger partial charge in [0, 0.05) is 11.6 Å². The Hall–Kier alpha value is -2.38. The van der Waals surface area contributed by atoms with Gasteiger partial charge in [0.1, 0.15) is 5.60 Å². The van der Waals surface area contributed by atoms with Crippen LogP contribution < -0.4 is 5.32 Å². The highest BCUT2D eigenvalue weighted by Gasteiger charge is 2.21. The van der Waals surface area contributed by atoms with Crippen molar-refractivity contribution in [1.29, 1.82) is 0 Å². The molecule has 0 atom stereocenters. The molecule has 8 nitrogen and oxygen atoms in total. The van der Waals surface area contributed by atoms with Crippen molar-refractivity contribution in [2.45, 2.75) is 52.6 Å². The second kappa shape index (κ2) is 6.17. The van der Waals surface area contributed by atoms with Crippen molar-refractivity contribution in [3.05, 3.63) is 18.0 Å². The van der Waals surface area contributed by atoms with E-state index < -0.39 is 17.8 Å². The van der Waals surface area contributed by atoms with Crippen molar-refractivity contribution in [3.8, 4) is 0 Å². The Morgan fingerprint density at radius 3 is 2.27 bits per heavy atom. The van der Waals surface area contributed by atoms with Crippen LogP contribution in [0.1, 0.15) is 47.2 Å². The fourth-order valence-corrected chi connectivity index (χ4v) is 1.46. The molecular formula is C14H22N4O4. The molecule has 8 heteroatoms. The number of carbonyl (C=O) groups is 2. The summed E-state index contributed by atoms with van der Waals surface area (Å²) in [5.41, 5.74) is -0.193.